The number of carbonyl (C=O) groups is 2. The van der Waals surface area contributed by atoms with Crippen LogP contribution in [0.5, 0.6) is 23.0 Å². The van der Waals surface area contributed by atoms with Crippen molar-refractivity contribution in [2.45, 2.75) is 6.61 Å². The van der Waals surface area contributed by atoms with E-state index in [1.54, 1.807) is 48.5 Å². The molecule has 0 spiro atoms. The maximum atomic E-state index is 12.3. The van der Waals surface area contributed by atoms with Gasteiger partial charge in [0.2, 0.25) is 6.79 Å². The molecule has 12 heteroatoms. The monoisotopic (exact) mass is 607 g/mol. The van der Waals surface area contributed by atoms with Gasteiger partial charge >= 0.3 is 0 Å². The van der Waals surface area contributed by atoms with Crippen molar-refractivity contribution < 1.29 is 28.5 Å². The molecule has 0 fully saturated rings. The minimum atomic E-state index is -0.504. The molecular weight excluding hydrogens is 589 g/mol. The smallest absolute Gasteiger partial charge is 0.259 e. The Labute approximate surface area is 230 Å². The summed E-state index contributed by atoms with van der Waals surface area (Å²) in [6.45, 7) is 0.0430. The molecule has 1 aliphatic heterocycles. The van der Waals surface area contributed by atoms with Crippen LogP contribution in [0.3, 0.4) is 0 Å². The second-order valence-corrected chi connectivity index (χ2v) is 9.30. The largest absolute Gasteiger partial charge is 0.493 e. The maximum absolute atomic E-state index is 12.3. The number of amides is 2. The van der Waals surface area contributed by atoms with Crippen molar-refractivity contribution in [2.24, 2.45) is 5.10 Å². The van der Waals surface area contributed by atoms with Crippen LogP contribution in [0.4, 0.5) is 0 Å². The number of hydrazone groups is 1. The van der Waals surface area contributed by atoms with Crippen molar-refractivity contribution in [1.82, 2.24) is 10.7 Å². The molecule has 3 aromatic rings. The molecule has 2 amide bonds. The maximum Gasteiger partial charge on any atom is 0.259 e. The van der Waals surface area contributed by atoms with Gasteiger partial charge in [0, 0.05) is 21.2 Å². The van der Waals surface area contributed by atoms with Crippen molar-refractivity contribution in [1.29, 1.82) is 0 Å². The molecular formula is C25H20BrCl2N3O6. The Morgan fingerprint density at radius 1 is 1.11 bits per heavy atom. The zero-order valence-electron chi connectivity index (χ0n) is 19.3. The number of rotatable bonds is 9. The van der Waals surface area contributed by atoms with Crippen molar-refractivity contribution in [3.8, 4) is 23.0 Å². The van der Waals surface area contributed by atoms with Crippen LogP contribution in [0.25, 0.3) is 0 Å². The predicted molar refractivity (Wildman–Crippen MR) is 142 cm³/mol. The van der Waals surface area contributed by atoms with Crippen LogP contribution in [0.2, 0.25) is 10.0 Å². The van der Waals surface area contributed by atoms with Crippen LogP contribution in [0, 0.1) is 0 Å². The average Bonchev–Trinajstić information content (AvgIpc) is 3.35. The van der Waals surface area contributed by atoms with Crippen LogP contribution in [0.15, 0.2) is 58.1 Å². The Bertz CT molecular complexity index is 1370. The molecule has 1 aliphatic rings. The third kappa shape index (κ3) is 6.85. The molecule has 0 atom stereocenters. The van der Waals surface area contributed by atoms with Gasteiger partial charge in [-0.2, -0.15) is 5.10 Å². The number of hydrogen-bond acceptors (Lipinski definition) is 7. The van der Waals surface area contributed by atoms with Gasteiger partial charge < -0.3 is 24.3 Å². The first-order valence-corrected chi connectivity index (χ1v) is 12.3. The summed E-state index contributed by atoms with van der Waals surface area (Å²) in [6.07, 6.45) is 1.44. The molecule has 3 aromatic carbocycles. The SMILES string of the molecule is COc1cc(/C=N/NC(=O)CNC(=O)c2ccc3c(c2)OCO3)cc(Br)c1OCc1ccc(Cl)cc1Cl. The number of halogens is 3. The fourth-order valence-corrected chi connectivity index (χ4v) is 4.30. The van der Waals surface area contributed by atoms with E-state index < -0.39 is 11.8 Å². The van der Waals surface area contributed by atoms with E-state index in [1.807, 2.05) is 0 Å². The summed E-state index contributed by atoms with van der Waals surface area (Å²) < 4.78 is 22.4. The Morgan fingerprint density at radius 3 is 2.70 bits per heavy atom. The lowest BCUT2D eigenvalue weighted by molar-refractivity contribution is -0.120. The highest BCUT2D eigenvalue weighted by Gasteiger charge is 2.17. The van der Waals surface area contributed by atoms with Crippen LogP contribution < -0.4 is 29.7 Å². The van der Waals surface area contributed by atoms with E-state index in [0.29, 0.717) is 48.6 Å². The lowest BCUT2D eigenvalue weighted by Gasteiger charge is -2.14. The number of fused-ring (bicyclic) bond motifs is 1. The summed E-state index contributed by atoms with van der Waals surface area (Å²) in [5, 5.41) is 7.50. The van der Waals surface area contributed by atoms with Crippen LogP contribution >= 0.6 is 39.1 Å². The molecule has 1 heterocycles. The second kappa shape index (κ2) is 12.2. The fourth-order valence-electron chi connectivity index (χ4n) is 3.26. The quantitative estimate of drug-likeness (QED) is 0.263. The summed E-state index contributed by atoms with van der Waals surface area (Å²) in [5.74, 6) is 1.04. The number of hydrogen-bond donors (Lipinski definition) is 2. The average molecular weight is 609 g/mol. The molecule has 4 rings (SSSR count). The molecule has 0 bridgehead atoms. The molecule has 37 heavy (non-hydrogen) atoms. The van der Waals surface area contributed by atoms with Gasteiger partial charge in [0.05, 0.1) is 24.3 Å². The fraction of sp³-hybridized carbons (Fsp3) is 0.160. The van der Waals surface area contributed by atoms with Crippen LogP contribution in [0.1, 0.15) is 21.5 Å². The van der Waals surface area contributed by atoms with Gasteiger partial charge in [0.25, 0.3) is 11.8 Å². The normalized spacial score (nSPS) is 11.9. The highest BCUT2D eigenvalue weighted by atomic mass is 79.9. The second-order valence-electron chi connectivity index (χ2n) is 7.60. The molecule has 0 saturated carbocycles. The van der Waals surface area contributed by atoms with E-state index in [9.17, 15) is 9.59 Å². The third-order valence-corrected chi connectivity index (χ3v) is 6.26. The zero-order valence-corrected chi connectivity index (χ0v) is 22.4. The number of ether oxygens (including phenoxy) is 4. The highest BCUT2D eigenvalue weighted by molar-refractivity contribution is 9.10. The van der Waals surface area contributed by atoms with Gasteiger partial charge in [-0.25, -0.2) is 5.43 Å². The molecule has 0 saturated heterocycles. The number of nitrogens with zero attached hydrogens (tertiary/aromatic N) is 1. The van der Waals surface area contributed by atoms with Gasteiger partial charge in [0.1, 0.15) is 6.61 Å². The van der Waals surface area contributed by atoms with E-state index in [4.69, 9.17) is 42.1 Å². The number of nitrogens with one attached hydrogen (secondary N) is 2. The number of carbonyl (C=O) groups excluding carboxylic acids is 2. The lowest BCUT2D eigenvalue weighted by Crippen LogP contribution is -2.34. The Balaban J connectivity index is 1.31. The predicted octanol–water partition coefficient (Wildman–Crippen LogP) is 4.95. The molecule has 9 nitrogen and oxygen atoms in total. The van der Waals surface area contributed by atoms with Crippen LogP contribution in [-0.2, 0) is 11.4 Å². The van der Waals surface area contributed by atoms with E-state index in [-0.39, 0.29) is 19.9 Å². The Morgan fingerprint density at radius 2 is 1.92 bits per heavy atom. The Kier molecular flexibility index (Phi) is 8.75. The van der Waals surface area contributed by atoms with Crippen molar-refractivity contribution in [2.75, 3.05) is 20.4 Å². The topological polar surface area (TPSA) is 107 Å². The first-order valence-electron chi connectivity index (χ1n) is 10.8. The summed E-state index contributed by atoms with van der Waals surface area (Å²) >= 11 is 15.6. The molecule has 0 unspecified atom stereocenters. The van der Waals surface area contributed by atoms with Gasteiger partial charge in [0.15, 0.2) is 23.0 Å². The molecule has 0 radical (unpaired) electrons. The standard InChI is InChI=1S/C25H20BrCl2N3O6/c1-34-22-7-14(6-18(26)24(22)35-12-16-2-4-17(27)9-19(16)28)10-30-31-23(32)11-29-25(33)15-3-5-20-21(8-15)37-13-36-20/h2-10H,11-13H2,1H3,(H,29,33)(H,31,32)/b30-10+. The highest BCUT2D eigenvalue weighted by Crippen LogP contribution is 2.37. The van der Waals surface area contributed by atoms with E-state index >= 15 is 0 Å². The molecule has 2 N–H and O–H groups in total. The first-order chi connectivity index (χ1) is 17.8. The summed E-state index contributed by atoms with van der Waals surface area (Å²) in [6, 6.07) is 13.4. The zero-order chi connectivity index (χ0) is 26.4. The van der Waals surface area contributed by atoms with Crippen molar-refractivity contribution >= 4 is 57.2 Å². The molecule has 0 aromatic heterocycles. The van der Waals surface area contributed by atoms with Gasteiger partial charge in [-0.3, -0.25) is 9.59 Å². The third-order valence-electron chi connectivity index (χ3n) is 5.09. The summed E-state index contributed by atoms with van der Waals surface area (Å²) in [4.78, 5) is 24.4. The van der Waals surface area contributed by atoms with Crippen LogP contribution in [-0.4, -0.2) is 38.5 Å². The molecule has 0 aliphatic carbocycles. The van der Waals surface area contributed by atoms with Crippen molar-refractivity contribution in [3.05, 3.63) is 79.7 Å². The Hall–Kier alpha value is -3.47. The van der Waals surface area contributed by atoms with E-state index in [2.05, 4.69) is 31.8 Å². The van der Waals surface area contributed by atoms with E-state index in [1.165, 1.54) is 13.3 Å². The van der Waals surface area contributed by atoms with Gasteiger partial charge in [-0.05, 0) is 64.0 Å². The number of methoxy groups -OCH3 is 1. The molecule has 192 valence electrons. The minimum absolute atomic E-state index is 0.108. The lowest BCUT2D eigenvalue weighted by atomic mass is 10.2. The summed E-state index contributed by atoms with van der Waals surface area (Å²) in [5.41, 5.74) is 4.11. The first kappa shape index (κ1) is 26.6. The number of benzene rings is 3. The minimum Gasteiger partial charge on any atom is -0.493 e. The van der Waals surface area contributed by atoms with Crippen molar-refractivity contribution in [3.63, 3.8) is 0 Å². The van der Waals surface area contributed by atoms with Gasteiger partial charge in [-0.1, -0.05) is 29.3 Å². The van der Waals surface area contributed by atoms with E-state index in [0.717, 1.165) is 5.56 Å². The van der Waals surface area contributed by atoms with Gasteiger partial charge in [-0.15, -0.1) is 0 Å². The summed E-state index contributed by atoms with van der Waals surface area (Å²) in [7, 11) is 1.51.